The molecule has 0 saturated carbocycles. The van der Waals surface area contributed by atoms with E-state index in [1.165, 1.54) is 19.3 Å². The molecule has 5 nitrogen and oxygen atoms in total. The van der Waals surface area contributed by atoms with Crippen LogP contribution < -0.4 is 10.6 Å². The lowest BCUT2D eigenvalue weighted by Gasteiger charge is -2.34. The van der Waals surface area contributed by atoms with Crippen molar-refractivity contribution in [1.29, 1.82) is 0 Å². The highest BCUT2D eigenvalue weighted by atomic mass is 127. The molecule has 1 aromatic heterocycles. The number of hydrogen-bond donors (Lipinski definition) is 2. The number of rotatable bonds is 6. The molecule has 2 rings (SSSR count). The van der Waals surface area contributed by atoms with Crippen molar-refractivity contribution in [3.05, 3.63) is 24.2 Å². The van der Waals surface area contributed by atoms with E-state index >= 15 is 0 Å². The molecule has 0 aliphatic carbocycles. The summed E-state index contributed by atoms with van der Waals surface area (Å²) < 4.78 is 5.68. The van der Waals surface area contributed by atoms with Crippen LogP contribution in [0.5, 0.6) is 0 Å². The number of halogens is 1. The summed E-state index contributed by atoms with van der Waals surface area (Å²) in [7, 11) is 1.82. The van der Waals surface area contributed by atoms with E-state index in [1.807, 2.05) is 13.1 Å². The summed E-state index contributed by atoms with van der Waals surface area (Å²) in [5.74, 6) is 1.90. The van der Waals surface area contributed by atoms with E-state index in [-0.39, 0.29) is 30.0 Å². The Kier molecular flexibility index (Phi) is 9.62. The van der Waals surface area contributed by atoms with Crippen LogP contribution in [0, 0.1) is 0 Å². The van der Waals surface area contributed by atoms with Crippen molar-refractivity contribution in [3.8, 4) is 0 Å². The van der Waals surface area contributed by atoms with Crippen molar-refractivity contribution >= 4 is 29.9 Å². The molecule has 6 heteroatoms. The largest absolute Gasteiger partial charge is 0.468 e. The SMILES string of the molecule is CCC(C)NC(=NC)NCC(c1ccco1)N1CCCCC1.I. The van der Waals surface area contributed by atoms with Gasteiger partial charge in [0, 0.05) is 19.6 Å². The van der Waals surface area contributed by atoms with Gasteiger partial charge in [-0.2, -0.15) is 0 Å². The van der Waals surface area contributed by atoms with E-state index in [0.717, 1.165) is 37.8 Å². The number of nitrogens with one attached hydrogen (secondary N) is 2. The summed E-state index contributed by atoms with van der Waals surface area (Å²) >= 11 is 0. The molecule has 1 saturated heterocycles. The smallest absolute Gasteiger partial charge is 0.191 e. The summed E-state index contributed by atoms with van der Waals surface area (Å²) in [6.45, 7) is 7.43. The van der Waals surface area contributed by atoms with Gasteiger partial charge in [-0.1, -0.05) is 13.3 Å². The fourth-order valence-electron chi connectivity index (χ4n) is 2.84. The van der Waals surface area contributed by atoms with Crippen molar-refractivity contribution in [1.82, 2.24) is 15.5 Å². The molecule has 1 aliphatic heterocycles. The summed E-state index contributed by atoms with van der Waals surface area (Å²) in [5, 5.41) is 6.87. The lowest BCUT2D eigenvalue weighted by atomic mass is 10.1. The van der Waals surface area contributed by atoms with Crippen molar-refractivity contribution in [2.75, 3.05) is 26.7 Å². The third-order valence-electron chi connectivity index (χ3n) is 4.38. The Morgan fingerprint density at radius 3 is 2.65 bits per heavy atom. The second kappa shape index (κ2) is 10.9. The minimum absolute atomic E-state index is 0. The monoisotopic (exact) mass is 434 g/mol. The lowest BCUT2D eigenvalue weighted by molar-refractivity contribution is 0.146. The minimum atomic E-state index is 0. The topological polar surface area (TPSA) is 52.8 Å². The van der Waals surface area contributed by atoms with Crippen LogP contribution in [0.15, 0.2) is 27.8 Å². The first-order valence-corrected chi connectivity index (χ1v) is 8.49. The Bertz CT molecular complexity index is 443. The van der Waals surface area contributed by atoms with Gasteiger partial charge in [0.25, 0.3) is 0 Å². The first kappa shape index (κ1) is 20.3. The van der Waals surface area contributed by atoms with Crippen LogP contribution in [0.2, 0.25) is 0 Å². The Labute approximate surface area is 157 Å². The molecular formula is C17H31IN4O. The van der Waals surface area contributed by atoms with Crippen LogP contribution >= 0.6 is 24.0 Å². The molecule has 1 fully saturated rings. The normalized spacial score (nSPS) is 18.8. The van der Waals surface area contributed by atoms with Gasteiger partial charge in [0.15, 0.2) is 5.96 Å². The lowest BCUT2D eigenvalue weighted by Crippen LogP contribution is -2.46. The van der Waals surface area contributed by atoms with Crippen LogP contribution in [0.3, 0.4) is 0 Å². The molecule has 1 aromatic rings. The van der Waals surface area contributed by atoms with Crippen LogP contribution in [0.1, 0.15) is 51.3 Å². The third-order valence-corrected chi connectivity index (χ3v) is 4.38. The first-order chi connectivity index (χ1) is 10.7. The van der Waals surface area contributed by atoms with Gasteiger partial charge < -0.3 is 15.1 Å². The molecule has 2 N–H and O–H groups in total. The van der Waals surface area contributed by atoms with Crippen molar-refractivity contribution in [3.63, 3.8) is 0 Å². The van der Waals surface area contributed by atoms with Crippen LogP contribution in [-0.2, 0) is 0 Å². The Morgan fingerprint density at radius 1 is 1.35 bits per heavy atom. The molecular weight excluding hydrogens is 403 g/mol. The van der Waals surface area contributed by atoms with Crippen molar-refractivity contribution in [2.45, 2.75) is 51.6 Å². The minimum Gasteiger partial charge on any atom is -0.468 e. The summed E-state index contributed by atoms with van der Waals surface area (Å²) in [6, 6.07) is 4.73. The van der Waals surface area contributed by atoms with Gasteiger partial charge in [-0.25, -0.2) is 0 Å². The maximum atomic E-state index is 5.68. The highest BCUT2D eigenvalue weighted by Gasteiger charge is 2.24. The molecule has 2 heterocycles. The van der Waals surface area contributed by atoms with E-state index in [0.29, 0.717) is 6.04 Å². The molecule has 2 unspecified atom stereocenters. The van der Waals surface area contributed by atoms with E-state index in [1.54, 1.807) is 6.26 Å². The molecule has 132 valence electrons. The zero-order valence-electron chi connectivity index (χ0n) is 14.5. The second-order valence-electron chi connectivity index (χ2n) is 6.03. The van der Waals surface area contributed by atoms with Crippen molar-refractivity contribution < 1.29 is 4.42 Å². The second-order valence-corrected chi connectivity index (χ2v) is 6.03. The zero-order valence-corrected chi connectivity index (χ0v) is 16.9. The van der Waals surface area contributed by atoms with E-state index in [4.69, 9.17) is 4.42 Å². The van der Waals surface area contributed by atoms with Gasteiger partial charge in [-0.15, -0.1) is 24.0 Å². The summed E-state index contributed by atoms with van der Waals surface area (Å²) in [6.07, 6.45) is 6.73. The molecule has 0 radical (unpaired) electrons. The van der Waals surface area contributed by atoms with Crippen LogP contribution in [0.4, 0.5) is 0 Å². The standard InChI is InChI=1S/C17H30N4O.HI/c1-4-14(2)20-17(18-3)19-13-15(16-9-8-12-22-16)21-10-6-5-7-11-21;/h8-9,12,14-15H,4-7,10-11,13H2,1-3H3,(H2,18,19,20);1H. The zero-order chi connectivity index (χ0) is 15.8. The molecule has 0 bridgehead atoms. The number of guanidine groups is 1. The summed E-state index contributed by atoms with van der Waals surface area (Å²) in [5.41, 5.74) is 0. The fourth-order valence-corrected chi connectivity index (χ4v) is 2.84. The number of aliphatic imine (C=N–C) groups is 1. The molecule has 0 spiro atoms. The number of furan rings is 1. The average Bonchev–Trinajstić information content (AvgIpc) is 3.09. The van der Waals surface area contributed by atoms with Gasteiger partial charge in [-0.05, 0) is 51.4 Å². The number of hydrogen-bond acceptors (Lipinski definition) is 3. The predicted molar refractivity (Wildman–Crippen MR) is 107 cm³/mol. The molecule has 2 atom stereocenters. The van der Waals surface area contributed by atoms with Gasteiger partial charge in [0.2, 0.25) is 0 Å². The maximum Gasteiger partial charge on any atom is 0.191 e. The number of piperidine rings is 1. The molecule has 0 aromatic carbocycles. The fraction of sp³-hybridized carbons (Fsp3) is 0.706. The Morgan fingerprint density at radius 2 is 2.09 bits per heavy atom. The van der Waals surface area contributed by atoms with Gasteiger partial charge >= 0.3 is 0 Å². The first-order valence-electron chi connectivity index (χ1n) is 8.49. The maximum absolute atomic E-state index is 5.68. The highest BCUT2D eigenvalue weighted by Crippen LogP contribution is 2.24. The average molecular weight is 434 g/mol. The van der Waals surface area contributed by atoms with Gasteiger partial charge in [-0.3, -0.25) is 9.89 Å². The number of nitrogens with zero attached hydrogens (tertiary/aromatic N) is 2. The molecule has 0 amide bonds. The third kappa shape index (κ3) is 6.33. The summed E-state index contributed by atoms with van der Waals surface area (Å²) in [4.78, 5) is 6.84. The Hall–Kier alpha value is -0.760. The van der Waals surface area contributed by atoms with E-state index in [9.17, 15) is 0 Å². The molecule has 23 heavy (non-hydrogen) atoms. The van der Waals surface area contributed by atoms with Crippen molar-refractivity contribution in [2.24, 2.45) is 4.99 Å². The quantitative estimate of drug-likeness (QED) is 0.410. The highest BCUT2D eigenvalue weighted by molar-refractivity contribution is 14.0. The van der Waals surface area contributed by atoms with E-state index in [2.05, 4.69) is 40.4 Å². The molecule has 1 aliphatic rings. The Balaban J connectivity index is 0.00000264. The van der Waals surface area contributed by atoms with Crippen LogP contribution in [0.25, 0.3) is 0 Å². The van der Waals surface area contributed by atoms with Gasteiger partial charge in [0.05, 0.1) is 12.3 Å². The number of likely N-dealkylation sites (tertiary alicyclic amines) is 1. The predicted octanol–water partition coefficient (Wildman–Crippen LogP) is 3.39. The van der Waals surface area contributed by atoms with E-state index < -0.39 is 0 Å². The van der Waals surface area contributed by atoms with Gasteiger partial charge in [0.1, 0.15) is 5.76 Å². The van der Waals surface area contributed by atoms with Crippen LogP contribution in [-0.4, -0.2) is 43.6 Å².